The van der Waals surface area contributed by atoms with E-state index in [4.69, 9.17) is 4.74 Å². The van der Waals surface area contributed by atoms with Crippen molar-refractivity contribution in [1.29, 1.82) is 0 Å². The highest BCUT2D eigenvalue weighted by molar-refractivity contribution is 7.99. The van der Waals surface area contributed by atoms with Gasteiger partial charge in [0, 0.05) is 35.8 Å². The third kappa shape index (κ3) is 8.64. The van der Waals surface area contributed by atoms with Gasteiger partial charge in [0.25, 0.3) is 0 Å². The highest BCUT2D eigenvalue weighted by atomic mass is 32.2. The molecule has 38 heavy (non-hydrogen) atoms. The zero-order chi connectivity index (χ0) is 26.6. The fourth-order valence-corrected chi connectivity index (χ4v) is 6.56. The number of rotatable bonds is 12. The lowest BCUT2D eigenvalue weighted by atomic mass is 9.90. The second-order valence-corrected chi connectivity index (χ2v) is 11.8. The molecule has 5 heteroatoms. The van der Waals surface area contributed by atoms with Crippen LogP contribution in [0.5, 0.6) is 0 Å². The lowest BCUT2D eigenvalue weighted by Gasteiger charge is -2.38. The number of piperidine rings is 1. The van der Waals surface area contributed by atoms with E-state index in [1.54, 1.807) is 0 Å². The Labute approximate surface area is 233 Å². The average molecular weight is 531 g/mol. The Morgan fingerprint density at radius 1 is 0.947 bits per heavy atom. The summed E-state index contributed by atoms with van der Waals surface area (Å²) in [5.74, 6) is 0.542. The number of ether oxygens (including phenoxy) is 1. The van der Waals surface area contributed by atoms with Crippen LogP contribution in [-0.2, 0) is 11.3 Å². The Bertz CT molecular complexity index is 1070. The van der Waals surface area contributed by atoms with E-state index in [0.29, 0.717) is 24.3 Å². The largest absolute Gasteiger partial charge is 0.445 e. The summed E-state index contributed by atoms with van der Waals surface area (Å²) < 4.78 is 5.64. The smallest absolute Gasteiger partial charge is 0.410 e. The molecule has 1 saturated heterocycles. The Morgan fingerprint density at radius 2 is 1.55 bits per heavy atom. The monoisotopic (exact) mass is 530 g/mol. The first-order valence-electron chi connectivity index (χ1n) is 14.1. The van der Waals surface area contributed by atoms with Crippen LogP contribution in [0, 0.1) is 0 Å². The van der Waals surface area contributed by atoms with E-state index in [1.807, 2.05) is 47.0 Å². The van der Waals surface area contributed by atoms with Gasteiger partial charge in [-0.25, -0.2) is 4.79 Å². The number of thioether (sulfide) groups is 1. The Hall–Kier alpha value is -2.76. The number of carbonyl (C=O) groups excluding carboxylic acids is 1. The van der Waals surface area contributed by atoms with Crippen molar-refractivity contribution in [2.24, 2.45) is 0 Å². The molecule has 2 atom stereocenters. The Morgan fingerprint density at radius 3 is 2.18 bits per heavy atom. The number of amides is 1. The topological polar surface area (TPSA) is 32.8 Å². The molecule has 3 aromatic carbocycles. The standard InChI is InChI=1S/C33H42N2O2S/c1-3-35(33(36)37-26-28-13-7-4-8-14-28)31-20-23-34(24-21-31)22-19-30(29-15-9-5-10-16-29)25-27(2)38-32-17-11-6-12-18-32/h4-18,27,30-31H,3,19-26H2,1-2H3. The van der Waals surface area contributed by atoms with Gasteiger partial charge in [0.15, 0.2) is 0 Å². The van der Waals surface area contributed by atoms with Crippen LogP contribution >= 0.6 is 11.8 Å². The lowest BCUT2D eigenvalue weighted by molar-refractivity contribution is 0.0627. The van der Waals surface area contributed by atoms with Crippen LogP contribution in [0.1, 0.15) is 56.6 Å². The zero-order valence-corrected chi connectivity index (χ0v) is 23.7. The number of nitrogens with zero attached hydrogens (tertiary/aromatic N) is 2. The highest BCUT2D eigenvalue weighted by Crippen LogP contribution is 2.33. The van der Waals surface area contributed by atoms with Crippen LogP contribution < -0.4 is 0 Å². The van der Waals surface area contributed by atoms with Gasteiger partial charge in [-0.2, -0.15) is 0 Å². The number of hydrogen-bond acceptors (Lipinski definition) is 4. The molecule has 0 bridgehead atoms. The van der Waals surface area contributed by atoms with Crippen LogP contribution in [0.4, 0.5) is 4.79 Å². The van der Waals surface area contributed by atoms with Gasteiger partial charge in [0.1, 0.15) is 6.61 Å². The molecule has 1 heterocycles. The maximum absolute atomic E-state index is 12.8. The second kappa shape index (κ2) is 15.0. The first-order chi connectivity index (χ1) is 18.6. The van der Waals surface area contributed by atoms with Gasteiger partial charge >= 0.3 is 6.09 Å². The first-order valence-corrected chi connectivity index (χ1v) is 15.0. The van der Waals surface area contributed by atoms with Crippen molar-refractivity contribution in [1.82, 2.24) is 9.80 Å². The molecule has 1 aliphatic heterocycles. The number of benzene rings is 3. The maximum atomic E-state index is 12.8. The predicted octanol–water partition coefficient (Wildman–Crippen LogP) is 7.85. The van der Waals surface area contributed by atoms with E-state index in [0.717, 1.165) is 50.9 Å². The molecule has 1 aliphatic rings. The van der Waals surface area contributed by atoms with E-state index in [-0.39, 0.29) is 12.1 Å². The third-order valence-corrected chi connectivity index (χ3v) is 8.68. The van der Waals surface area contributed by atoms with Crippen molar-refractivity contribution in [2.75, 3.05) is 26.2 Å². The minimum atomic E-state index is -0.191. The molecule has 1 fully saturated rings. The van der Waals surface area contributed by atoms with Crippen molar-refractivity contribution in [3.05, 3.63) is 102 Å². The quantitative estimate of drug-likeness (QED) is 0.223. The number of hydrogen-bond donors (Lipinski definition) is 0. The molecule has 2 unspecified atom stereocenters. The summed E-state index contributed by atoms with van der Waals surface area (Å²) in [5.41, 5.74) is 2.47. The fraction of sp³-hybridized carbons (Fsp3) is 0.424. The van der Waals surface area contributed by atoms with Crippen LogP contribution in [0.2, 0.25) is 0 Å². The Kier molecular flexibility index (Phi) is 11.1. The van der Waals surface area contributed by atoms with Crippen molar-refractivity contribution < 1.29 is 9.53 Å². The molecular weight excluding hydrogens is 488 g/mol. The molecular formula is C33H42N2O2S. The fourth-order valence-electron chi connectivity index (χ4n) is 5.46. The van der Waals surface area contributed by atoms with E-state index in [2.05, 4.69) is 79.4 Å². The van der Waals surface area contributed by atoms with Crippen LogP contribution in [0.25, 0.3) is 0 Å². The minimum absolute atomic E-state index is 0.191. The predicted molar refractivity (Wildman–Crippen MR) is 159 cm³/mol. The minimum Gasteiger partial charge on any atom is -0.445 e. The summed E-state index contributed by atoms with van der Waals surface area (Å²) >= 11 is 1.98. The molecule has 4 nitrogen and oxygen atoms in total. The normalized spacial score (nSPS) is 16.1. The van der Waals surface area contributed by atoms with Crippen molar-refractivity contribution >= 4 is 17.9 Å². The third-order valence-electron chi connectivity index (χ3n) is 7.54. The maximum Gasteiger partial charge on any atom is 0.410 e. The van der Waals surface area contributed by atoms with Crippen molar-refractivity contribution in [3.8, 4) is 0 Å². The van der Waals surface area contributed by atoms with E-state index < -0.39 is 0 Å². The van der Waals surface area contributed by atoms with Gasteiger partial charge in [-0.15, -0.1) is 11.8 Å². The molecule has 4 rings (SSSR count). The van der Waals surface area contributed by atoms with E-state index >= 15 is 0 Å². The molecule has 0 aromatic heterocycles. The van der Waals surface area contributed by atoms with Crippen molar-refractivity contribution in [2.45, 2.75) is 68.2 Å². The molecule has 0 saturated carbocycles. The summed E-state index contributed by atoms with van der Waals surface area (Å²) in [6.07, 6.45) is 4.14. The average Bonchev–Trinajstić information content (AvgIpc) is 2.97. The second-order valence-electron chi connectivity index (χ2n) is 10.3. The van der Waals surface area contributed by atoms with Gasteiger partial charge in [0.2, 0.25) is 0 Å². The van der Waals surface area contributed by atoms with E-state index in [9.17, 15) is 4.79 Å². The van der Waals surface area contributed by atoms with Crippen molar-refractivity contribution in [3.63, 3.8) is 0 Å². The molecule has 0 radical (unpaired) electrons. The van der Waals surface area contributed by atoms with E-state index in [1.165, 1.54) is 10.5 Å². The van der Waals surface area contributed by atoms with Gasteiger partial charge in [-0.1, -0.05) is 85.8 Å². The summed E-state index contributed by atoms with van der Waals surface area (Å²) in [5, 5.41) is 0.549. The van der Waals surface area contributed by atoms with Crippen LogP contribution in [0.15, 0.2) is 95.9 Å². The van der Waals surface area contributed by atoms with Gasteiger partial charge < -0.3 is 14.5 Å². The van der Waals surface area contributed by atoms with Gasteiger partial charge in [-0.3, -0.25) is 0 Å². The molecule has 0 spiro atoms. The molecule has 202 valence electrons. The van der Waals surface area contributed by atoms with Gasteiger partial charge in [0.05, 0.1) is 0 Å². The SMILES string of the molecule is CCN(C(=O)OCc1ccccc1)C1CCN(CCC(CC(C)Sc2ccccc2)c2ccccc2)CC1. The number of likely N-dealkylation sites (tertiary alicyclic amines) is 1. The zero-order valence-electron chi connectivity index (χ0n) is 22.9. The molecule has 0 N–H and O–H groups in total. The summed E-state index contributed by atoms with van der Waals surface area (Å²) in [6.45, 7) is 8.58. The van der Waals surface area contributed by atoms with Crippen LogP contribution in [0.3, 0.4) is 0 Å². The Balaban J connectivity index is 1.26. The molecule has 1 amide bonds. The first kappa shape index (κ1) is 28.3. The van der Waals surface area contributed by atoms with Crippen LogP contribution in [-0.4, -0.2) is 53.4 Å². The summed E-state index contributed by atoms with van der Waals surface area (Å²) in [4.78, 5) is 18.7. The molecule has 3 aromatic rings. The number of carbonyl (C=O) groups is 1. The summed E-state index contributed by atoms with van der Waals surface area (Å²) in [7, 11) is 0. The molecule has 0 aliphatic carbocycles. The summed E-state index contributed by atoms with van der Waals surface area (Å²) in [6, 6.07) is 31.9. The highest BCUT2D eigenvalue weighted by Gasteiger charge is 2.28. The van der Waals surface area contributed by atoms with Gasteiger partial charge in [-0.05, 0) is 68.3 Å². The lowest BCUT2D eigenvalue weighted by Crippen LogP contribution is -2.47.